The normalized spacial score (nSPS) is 18.5. The molecule has 4 heteroatoms. The summed E-state index contributed by atoms with van der Waals surface area (Å²) in [4.78, 5) is 11.1. The molecule has 0 saturated carbocycles. The lowest BCUT2D eigenvalue weighted by Crippen LogP contribution is -2.65. The number of anilines is 1. The molecule has 4 nitrogen and oxygen atoms in total. The third kappa shape index (κ3) is 1.51. The molecule has 16 heavy (non-hydrogen) atoms. The van der Waals surface area contributed by atoms with Gasteiger partial charge in [0.2, 0.25) is 0 Å². The van der Waals surface area contributed by atoms with Gasteiger partial charge >= 0.3 is 0 Å². The molecule has 0 bridgehead atoms. The van der Waals surface area contributed by atoms with Gasteiger partial charge in [-0.2, -0.15) is 0 Å². The first-order chi connectivity index (χ1) is 7.64. The van der Waals surface area contributed by atoms with Crippen molar-refractivity contribution in [1.29, 1.82) is 0 Å². The summed E-state index contributed by atoms with van der Waals surface area (Å²) in [5.41, 5.74) is 7.76. The van der Waals surface area contributed by atoms with E-state index in [-0.39, 0.29) is 5.54 Å². The van der Waals surface area contributed by atoms with Crippen LogP contribution in [0.15, 0.2) is 30.5 Å². The fourth-order valence-corrected chi connectivity index (χ4v) is 2.09. The first-order valence-electron chi connectivity index (χ1n) is 5.40. The molecular weight excluding hydrogens is 200 g/mol. The second-order valence-corrected chi connectivity index (χ2v) is 4.73. The molecule has 0 radical (unpaired) electrons. The van der Waals surface area contributed by atoms with E-state index in [1.54, 1.807) is 0 Å². The van der Waals surface area contributed by atoms with Gasteiger partial charge in [-0.3, -0.25) is 4.98 Å². The Balaban J connectivity index is 1.94. The molecule has 2 heterocycles. The van der Waals surface area contributed by atoms with E-state index >= 15 is 0 Å². The van der Waals surface area contributed by atoms with Crippen LogP contribution in [0.5, 0.6) is 0 Å². The molecule has 82 valence electrons. The van der Waals surface area contributed by atoms with E-state index in [0.29, 0.717) is 0 Å². The molecule has 1 aliphatic rings. The zero-order chi connectivity index (χ0) is 11.2. The number of nitrogens with two attached hydrogens (primary N) is 1. The number of benzene rings is 1. The fraction of sp³-hybridized carbons (Fsp3) is 0.333. The Hall–Kier alpha value is -1.68. The number of hydrogen-bond acceptors (Lipinski definition) is 4. The van der Waals surface area contributed by atoms with Crippen molar-refractivity contribution in [3.05, 3.63) is 30.5 Å². The third-order valence-electron chi connectivity index (χ3n) is 2.86. The summed E-state index contributed by atoms with van der Waals surface area (Å²) in [6.45, 7) is 3.75. The Bertz CT molecular complexity index is 527. The summed E-state index contributed by atoms with van der Waals surface area (Å²) >= 11 is 0. The monoisotopic (exact) mass is 214 g/mol. The van der Waals surface area contributed by atoms with E-state index in [2.05, 4.69) is 21.8 Å². The molecule has 0 atom stereocenters. The zero-order valence-electron chi connectivity index (χ0n) is 9.22. The van der Waals surface area contributed by atoms with Crippen LogP contribution in [0.1, 0.15) is 6.92 Å². The molecule has 0 amide bonds. The first-order valence-corrected chi connectivity index (χ1v) is 5.40. The number of nitrogens with zero attached hydrogens (tertiary/aromatic N) is 3. The lowest BCUT2D eigenvalue weighted by atomic mass is 9.94. The molecule has 1 aromatic carbocycles. The molecule has 0 spiro atoms. The Morgan fingerprint density at radius 1 is 1.25 bits per heavy atom. The molecular formula is C12H14N4. The SMILES string of the molecule is CC1(N)CN(c2cnc3ccccc3n2)C1. The summed E-state index contributed by atoms with van der Waals surface area (Å²) in [7, 11) is 0. The van der Waals surface area contributed by atoms with Gasteiger partial charge in [0.05, 0.1) is 17.2 Å². The molecule has 1 saturated heterocycles. The van der Waals surface area contributed by atoms with E-state index in [1.807, 2.05) is 30.5 Å². The minimum absolute atomic E-state index is 0.0761. The van der Waals surface area contributed by atoms with Gasteiger partial charge in [0.15, 0.2) is 0 Å². The van der Waals surface area contributed by atoms with Crippen LogP contribution < -0.4 is 10.6 Å². The van der Waals surface area contributed by atoms with E-state index in [9.17, 15) is 0 Å². The highest BCUT2D eigenvalue weighted by Gasteiger charge is 2.35. The van der Waals surface area contributed by atoms with Crippen LogP contribution in [0.25, 0.3) is 11.0 Å². The molecule has 1 aromatic heterocycles. The van der Waals surface area contributed by atoms with Gasteiger partial charge in [0.25, 0.3) is 0 Å². The van der Waals surface area contributed by atoms with Gasteiger partial charge in [-0.1, -0.05) is 12.1 Å². The molecule has 0 unspecified atom stereocenters. The maximum Gasteiger partial charge on any atom is 0.147 e. The lowest BCUT2D eigenvalue weighted by Gasteiger charge is -2.46. The minimum atomic E-state index is -0.0761. The van der Waals surface area contributed by atoms with Crippen molar-refractivity contribution in [2.75, 3.05) is 18.0 Å². The average molecular weight is 214 g/mol. The van der Waals surface area contributed by atoms with Gasteiger partial charge in [-0.05, 0) is 19.1 Å². The fourth-order valence-electron chi connectivity index (χ4n) is 2.09. The highest BCUT2D eigenvalue weighted by molar-refractivity contribution is 5.75. The van der Waals surface area contributed by atoms with E-state index < -0.39 is 0 Å². The minimum Gasteiger partial charge on any atom is -0.352 e. The van der Waals surface area contributed by atoms with Crippen LogP contribution >= 0.6 is 0 Å². The second-order valence-electron chi connectivity index (χ2n) is 4.73. The van der Waals surface area contributed by atoms with Crippen LogP contribution in [0.4, 0.5) is 5.82 Å². The Morgan fingerprint density at radius 2 is 1.94 bits per heavy atom. The second kappa shape index (κ2) is 3.15. The Kier molecular flexibility index (Phi) is 1.88. The first kappa shape index (κ1) is 9.54. The number of aromatic nitrogens is 2. The van der Waals surface area contributed by atoms with Crippen molar-refractivity contribution in [2.24, 2.45) is 5.73 Å². The van der Waals surface area contributed by atoms with Crippen molar-refractivity contribution in [3.8, 4) is 0 Å². The summed E-state index contributed by atoms with van der Waals surface area (Å²) in [5, 5.41) is 0. The highest BCUT2D eigenvalue weighted by Crippen LogP contribution is 2.24. The van der Waals surface area contributed by atoms with Crippen LogP contribution in [0.2, 0.25) is 0 Å². The van der Waals surface area contributed by atoms with Crippen molar-refractivity contribution in [1.82, 2.24) is 9.97 Å². The highest BCUT2D eigenvalue weighted by atomic mass is 15.3. The predicted octanol–water partition coefficient (Wildman–Crippen LogP) is 1.17. The van der Waals surface area contributed by atoms with E-state index in [4.69, 9.17) is 5.73 Å². The summed E-state index contributed by atoms with van der Waals surface area (Å²) < 4.78 is 0. The van der Waals surface area contributed by atoms with Crippen molar-refractivity contribution < 1.29 is 0 Å². The molecule has 1 aliphatic heterocycles. The maximum absolute atomic E-state index is 5.97. The maximum atomic E-state index is 5.97. The smallest absolute Gasteiger partial charge is 0.147 e. The van der Waals surface area contributed by atoms with Crippen LogP contribution in [-0.4, -0.2) is 28.6 Å². The molecule has 1 fully saturated rings. The summed E-state index contributed by atoms with van der Waals surface area (Å²) in [6.07, 6.45) is 1.82. The molecule has 0 aliphatic carbocycles. The number of fused-ring (bicyclic) bond motifs is 1. The Morgan fingerprint density at radius 3 is 2.62 bits per heavy atom. The van der Waals surface area contributed by atoms with Gasteiger partial charge in [0, 0.05) is 18.6 Å². The number of hydrogen-bond donors (Lipinski definition) is 1. The lowest BCUT2D eigenvalue weighted by molar-refractivity contribution is 0.363. The standard InChI is InChI=1S/C12H14N4/c1-12(13)7-16(8-12)11-6-14-9-4-2-3-5-10(9)15-11/h2-6H,7-8,13H2,1H3. The van der Waals surface area contributed by atoms with Crippen LogP contribution in [0, 0.1) is 0 Å². The van der Waals surface area contributed by atoms with Crippen molar-refractivity contribution in [3.63, 3.8) is 0 Å². The summed E-state index contributed by atoms with van der Waals surface area (Å²) in [6, 6.07) is 7.89. The van der Waals surface area contributed by atoms with Gasteiger partial charge in [0.1, 0.15) is 5.82 Å². The number of para-hydroxylation sites is 2. The van der Waals surface area contributed by atoms with E-state index in [1.165, 1.54) is 0 Å². The van der Waals surface area contributed by atoms with Gasteiger partial charge in [-0.25, -0.2) is 4.98 Å². The van der Waals surface area contributed by atoms with Gasteiger partial charge < -0.3 is 10.6 Å². The Labute approximate surface area is 94.1 Å². The largest absolute Gasteiger partial charge is 0.352 e. The molecule has 2 aromatic rings. The van der Waals surface area contributed by atoms with E-state index in [0.717, 1.165) is 29.9 Å². The van der Waals surface area contributed by atoms with Gasteiger partial charge in [-0.15, -0.1) is 0 Å². The van der Waals surface area contributed by atoms with Crippen LogP contribution in [-0.2, 0) is 0 Å². The van der Waals surface area contributed by atoms with Crippen molar-refractivity contribution in [2.45, 2.75) is 12.5 Å². The van der Waals surface area contributed by atoms with Crippen molar-refractivity contribution >= 4 is 16.9 Å². The predicted molar refractivity (Wildman–Crippen MR) is 64.3 cm³/mol. The molecule has 3 rings (SSSR count). The third-order valence-corrected chi connectivity index (χ3v) is 2.86. The summed E-state index contributed by atoms with van der Waals surface area (Å²) in [5.74, 6) is 0.918. The number of rotatable bonds is 1. The topological polar surface area (TPSA) is 55.0 Å². The van der Waals surface area contributed by atoms with Crippen LogP contribution in [0.3, 0.4) is 0 Å². The zero-order valence-corrected chi connectivity index (χ0v) is 9.22. The quantitative estimate of drug-likeness (QED) is 0.774. The average Bonchev–Trinajstić information content (AvgIpc) is 2.25. The molecule has 2 N–H and O–H groups in total.